The van der Waals surface area contributed by atoms with E-state index < -0.39 is 29.4 Å². The van der Waals surface area contributed by atoms with E-state index in [2.05, 4.69) is 31.9 Å². The Labute approximate surface area is 295 Å². The lowest BCUT2D eigenvalue weighted by molar-refractivity contribution is -0.137. The van der Waals surface area contributed by atoms with Crippen LogP contribution in [-0.4, -0.2) is 53.7 Å². The average molecular weight is 722 g/mol. The molecule has 0 spiro atoms. The molecule has 252 valence electrons. The van der Waals surface area contributed by atoms with Crippen LogP contribution < -0.4 is 16.0 Å². The molecule has 1 aliphatic heterocycles. The molecule has 0 saturated carbocycles. The fourth-order valence-electron chi connectivity index (χ4n) is 6.94. The number of hydrogen-bond acceptors (Lipinski definition) is 4. The number of benzene rings is 4. The summed E-state index contributed by atoms with van der Waals surface area (Å²) in [5.41, 5.74) is 2.48. The molecule has 1 saturated heterocycles. The maximum absolute atomic E-state index is 14.7. The largest absolute Gasteiger partial charge is 0.342 e. The Morgan fingerprint density at radius 2 is 1.29 bits per heavy atom. The summed E-state index contributed by atoms with van der Waals surface area (Å²) in [4.78, 5) is 58.4. The number of rotatable bonds is 11. The van der Waals surface area contributed by atoms with Gasteiger partial charge in [0, 0.05) is 36.0 Å². The van der Waals surface area contributed by atoms with Crippen molar-refractivity contribution in [3.8, 4) is 0 Å². The van der Waals surface area contributed by atoms with Gasteiger partial charge >= 0.3 is 0 Å². The van der Waals surface area contributed by atoms with Gasteiger partial charge in [-0.3, -0.25) is 19.2 Å². The zero-order valence-electron chi connectivity index (χ0n) is 27.4. The average Bonchev–Trinajstić information content (AvgIpc) is 3.67. The van der Waals surface area contributed by atoms with Crippen molar-refractivity contribution in [3.63, 3.8) is 0 Å². The SMILES string of the molecule is O=C(NC1(C(=O)NC(Cc2ccccc2)C(=O)NC(Cc2ccccc2)C(=O)N2CCCC2)CCCc2ccccc21)c1ccc(Br)cc1. The molecule has 8 nitrogen and oxygen atoms in total. The molecular weight excluding hydrogens is 680 g/mol. The Morgan fingerprint density at radius 1 is 0.694 bits per heavy atom. The molecule has 3 N–H and O–H groups in total. The third-order valence-electron chi connectivity index (χ3n) is 9.52. The summed E-state index contributed by atoms with van der Waals surface area (Å²) < 4.78 is 0.836. The van der Waals surface area contributed by atoms with Crippen LogP contribution >= 0.6 is 15.9 Å². The van der Waals surface area contributed by atoms with Gasteiger partial charge in [-0.2, -0.15) is 0 Å². The van der Waals surface area contributed by atoms with Gasteiger partial charge in [-0.25, -0.2) is 0 Å². The van der Waals surface area contributed by atoms with E-state index in [1.807, 2.05) is 89.8 Å². The van der Waals surface area contributed by atoms with Crippen molar-refractivity contribution in [3.05, 3.63) is 141 Å². The van der Waals surface area contributed by atoms with E-state index in [9.17, 15) is 19.2 Å². The van der Waals surface area contributed by atoms with Crippen molar-refractivity contribution in [2.45, 2.75) is 62.6 Å². The second-order valence-electron chi connectivity index (χ2n) is 12.9. The minimum atomic E-state index is -1.41. The number of aryl methyl sites for hydroxylation is 1. The monoisotopic (exact) mass is 720 g/mol. The molecule has 0 radical (unpaired) electrons. The summed E-state index contributed by atoms with van der Waals surface area (Å²) in [6.07, 6.45) is 4.19. The van der Waals surface area contributed by atoms with Crippen LogP contribution in [0, 0.1) is 0 Å². The molecule has 4 aromatic rings. The maximum atomic E-state index is 14.7. The van der Waals surface area contributed by atoms with Gasteiger partial charge < -0.3 is 20.9 Å². The van der Waals surface area contributed by atoms with Gasteiger partial charge in [0.05, 0.1) is 0 Å². The fraction of sp³-hybridized carbons (Fsp3) is 0.300. The highest BCUT2D eigenvalue weighted by atomic mass is 79.9. The smallest absolute Gasteiger partial charge is 0.252 e. The van der Waals surface area contributed by atoms with E-state index >= 15 is 0 Å². The number of carbonyl (C=O) groups is 4. The Hall–Kier alpha value is -4.76. The standard InChI is InChI=1S/C40H41BrN4O4/c41-32-21-19-31(20-22-32)36(46)44-40(23-11-17-30-16-7-8-18-33(30)40)39(49)43-34(26-28-12-3-1-4-13-28)37(47)42-35(27-29-14-5-2-6-15-29)38(48)45-24-9-10-25-45/h1-8,12-16,18-22,34-35H,9-11,17,23-27H2,(H,42,47)(H,43,49)(H,44,46). The first-order chi connectivity index (χ1) is 23.8. The lowest BCUT2D eigenvalue weighted by Crippen LogP contribution is -2.62. The van der Waals surface area contributed by atoms with Crippen LogP contribution in [0.3, 0.4) is 0 Å². The Balaban J connectivity index is 1.32. The third kappa shape index (κ3) is 8.11. The number of halogens is 1. The van der Waals surface area contributed by atoms with Gasteiger partial charge in [0.1, 0.15) is 17.6 Å². The summed E-state index contributed by atoms with van der Waals surface area (Å²) >= 11 is 3.42. The Morgan fingerprint density at radius 3 is 1.94 bits per heavy atom. The van der Waals surface area contributed by atoms with Gasteiger partial charge in [-0.1, -0.05) is 101 Å². The van der Waals surface area contributed by atoms with E-state index in [-0.39, 0.29) is 18.2 Å². The van der Waals surface area contributed by atoms with Gasteiger partial charge in [0.15, 0.2) is 0 Å². The summed E-state index contributed by atoms with van der Waals surface area (Å²) in [5, 5.41) is 9.20. The van der Waals surface area contributed by atoms with E-state index in [0.29, 0.717) is 43.5 Å². The number of fused-ring (bicyclic) bond motifs is 1. The maximum Gasteiger partial charge on any atom is 0.252 e. The molecule has 4 amide bonds. The number of likely N-dealkylation sites (tertiary alicyclic amines) is 1. The quantitative estimate of drug-likeness (QED) is 0.191. The first-order valence-corrected chi connectivity index (χ1v) is 17.8. The number of hydrogen-bond donors (Lipinski definition) is 3. The molecule has 4 aromatic carbocycles. The fourth-order valence-corrected chi connectivity index (χ4v) is 7.21. The highest BCUT2D eigenvalue weighted by Gasteiger charge is 2.46. The molecule has 6 rings (SSSR count). The predicted octanol–water partition coefficient (Wildman–Crippen LogP) is 5.49. The van der Waals surface area contributed by atoms with E-state index in [1.54, 1.807) is 24.3 Å². The topological polar surface area (TPSA) is 108 Å². The number of carbonyl (C=O) groups excluding carboxylic acids is 4. The molecule has 1 aliphatic carbocycles. The summed E-state index contributed by atoms with van der Waals surface area (Å²) in [6.45, 7) is 1.31. The van der Waals surface area contributed by atoms with Crippen LogP contribution in [-0.2, 0) is 39.2 Å². The Kier molecular flexibility index (Phi) is 10.9. The lowest BCUT2D eigenvalue weighted by atomic mass is 9.75. The third-order valence-corrected chi connectivity index (χ3v) is 10.0. The molecule has 0 aromatic heterocycles. The van der Waals surface area contributed by atoms with Crippen molar-refractivity contribution < 1.29 is 19.2 Å². The van der Waals surface area contributed by atoms with Crippen molar-refractivity contribution >= 4 is 39.6 Å². The van der Waals surface area contributed by atoms with Gasteiger partial charge in [-0.15, -0.1) is 0 Å². The zero-order chi connectivity index (χ0) is 34.2. The van der Waals surface area contributed by atoms with Crippen molar-refractivity contribution in [1.29, 1.82) is 0 Å². The minimum Gasteiger partial charge on any atom is -0.342 e. The molecule has 49 heavy (non-hydrogen) atoms. The van der Waals surface area contributed by atoms with Crippen LogP contribution in [0.1, 0.15) is 58.3 Å². The summed E-state index contributed by atoms with van der Waals surface area (Å²) in [6, 6.07) is 31.9. The Bertz CT molecular complexity index is 1780. The highest BCUT2D eigenvalue weighted by molar-refractivity contribution is 9.10. The van der Waals surface area contributed by atoms with Crippen LogP contribution in [0.2, 0.25) is 0 Å². The number of nitrogens with one attached hydrogen (secondary N) is 3. The minimum absolute atomic E-state index is 0.126. The first-order valence-electron chi connectivity index (χ1n) is 17.0. The molecule has 1 fully saturated rings. The predicted molar refractivity (Wildman–Crippen MR) is 193 cm³/mol. The van der Waals surface area contributed by atoms with Crippen molar-refractivity contribution in [2.24, 2.45) is 0 Å². The van der Waals surface area contributed by atoms with Gasteiger partial charge in [0.2, 0.25) is 11.8 Å². The van der Waals surface area contributed by atoms with Crippen molar-refractivity contribution in [1.82, 2.24) is 20.9 Å². The molecule has 3 unspecified atom stereocenters. The molecule has 1 heterocycles. The van der Waals surface area contributed by atoms with Crippen LogP contribution in [0.4, 0.5) is 0 Å². The molecular formula is C40H41BrN4O4. The summed E-state index contributed by atoms with van der Waals surface area (Å²) in [7, 11) is 0. The molecule has 3 atom stereocenters. The van der Waals surface area contributed by atoms with E-state index in [4.69, 9.17) is 0 Å². The second kappa shape index (κ2) is 15.6. The van der Waals surface area contributed by atoms with Gasteiger partial charge in [-0.05, 0) is 78.6 Å². The van der Waals surface area contributed by atoms with E-state index in [0.717, 1.165) is 40.4 Å². The summed E-state index contributed by atoms with van der Waals surface area (Å²) in [5.74, 6) is -1.43. The van der Waals surface area contributed by atoms with Crippen molar-refractivity contribution in [2.75, 3.05) is 13.1 Å². The van der Waals surface area contributed by atoms with Gasteiger partial charge in [0.25, 0.3) is 11.8 Å². The number of amides is 4. The normalized spacial score (nSPS) is 18.1. The lowest BCUT2D eigenvalue weighted by Gasteiger charge is -2.39. The first kappa shape index (κ1) is 34.1. The number of nitrogens with zero attached hydrogens (tertiary/aromatic N) is 1. The zero-order valence-corrected chi connectivity index (χ0v) is 29.0. The molecule has 0 bridgehead atoms. The second-order valence-corrected chi connectivity index (χ2v) is 13.8. The van der Waals surface area contributed by atoms with Crippen LogP contribution in [0.25, 0.3) is 0 Å². The van der Waals surface area contributed by atoms with E-state index in [1.165, 1.54) is 0 Å². The molecule has 9 heteroatoms. The van der Waals surface area contributed by atoms with Crippen LogP contribution in [0.5, 0.6) is 0 Å². The van der Waals surface area contributed by atoms with Crippen LogP contribution in [0.15, 0.2) is 114 Å². The molecule has 2 aliphatic rings. The highest BCUT2D eigenvalue weighted by Crippen LogP contribution is 2.36.